The molecule has 0 aliphatic rings. The van der Waals surface area contributed by atoms with E-state index in [1.54, 1.807) is 6.20 Å². The number of rotatable bonds is 3. The molecule has 0 bridgehead atoms. The number of pyridine rings is 2. The molecule has 0 amide bonds. The lowest BCUT2D eigenvalue weighted by atomic mass is 10.0. The molecule has 0 aliphatic carbocycles. The lowest BCUT2D eigenvalue weighted by molar-refractivity contribution is 1.12. The number of aromatic amines is 1. The maximum Gasteiger partial charge on any atom is 0.263 e. The largest absolute Gasteiger partial charge is 0.321 e. The van der Waals surface area contributed by atoms with E-state index in [4.69, 9.17) is 0 Å². The second-order valence-corrected chi connectivity index (χ2v) is 6.37. The smallest absolute Gasteiger partial charge is 0.263 e. The summed E-state index contributed by atoms with van der Waals surface area (Å²) in [6, 6.07) is 23.6. The van der Waals surface area contributed by atoms with Crippen LogP contribution in [0.5, 0.6) is 0 Å². The predicted octanol–water partition coefficient (Wildman–Crippen LogP) is 4.74. The van der Waals surface area contributed by atoms with E-state index in [-0.39, 0.29) is 5.56 Å². The van der Waals surface area contributed by atoms with Crippen molar-refractivity contribution in [1.82, 2.24) is 9.97 Å². The summed E-state index contributed by atoms with van der Waals surface area (Å²) in [4.78, 5) is 20.7. The van der Waals surface area contributed by atoms with Crippen molar-refractivity contribution < 1.29 is 0 Å². The summed E-state index contributed by atoms with van der Waals surface area (Å²) in [5.74, 6) is 0. The SMILES string of the molecule is O=c1[nH]c2ccccc2c(-c2ccccc2)c1Sc1ccccn1. The van der Waals surface area contributed by atoms with Gasteiger partial charge in [-0.3, -0.25) is 4.79 Å². The summed E-state index contributed by atoms with van der Waals surface area (Å²) in [5, 5.41) is 1.83. The highest BCUT2D eigenvalue weighted by molar-refractivity contribution is 7.99. The zero-order valence-electron chi connectivity index (χ0n) is 12.8. The van der Waals surface area contributed by atoms with E-state index in [1.165, 1.54) is 11.8 Å². The summed E-state index contributed by atoms with van der Waals surface area (Å²) >= 11 is 1.40. The Kier molecular flexibility index (Phi) is 3.89. The molecule has 2 aromatic heterocycles. The molecule has 0 saturated carbocycles. The molecule has 4 rings (SSSR count). The Hall–Kier alpha value is -2.85. The summed E-state index contributed by atoms with van der Waals surface area (Å²) in [5.41, 5.74) is 2.72. The summed E-state index contributed by atoms with van der Waals surface area (Å²) in [7, 11) is 0. The van der Waals surface area contributed by atoms with E-state index < -0.39 is 0 Å². The van der Waals surface area contributed by atoms with Crippen molar-refractivity contribution in [3.8, 4) is 11.1 Å². The van der Waals surface area contributed by atoms with Crippen LogP contribution in [-0.4, -0.2) is 9.97 Å². The van der Waals surface area contributed by atoms with Crippen LogP contribution in [0.2, 0.25) is 0 Å². The third-order valence-corrected chi connectivity index (χ3v) is 4.83. The average Bonchev–Trinajstić information content (AvgIpc) is 2.64. The van der Waals surface area contributed by atoms with Gasteiger partial charge in [-0.2, -0.15) is 0 Å². The number of hydrogen-bond acceptors (Lipinski definition) is 3. The topological polar surface area (TPSA) is 45.8 Å². The summed E-state index contributed by atoms with van der Waals surface area (Å²) < 4.78 is 0. The molecule has 0 aliphatic heterocycles. The van der Waals surface area contributed by atoms with Gasteiger partial charge in [0.15, 0.2) is 0 Å². The van der Waals surface area contributed by atoms with Crippen molar-refractivity contribution in [2.75, 3.05) is 0 Å². The van der Waals surface area contributed by atoms with E-state index in [2.05, 4.69) is 9.97 Å². The number of H-pyrrole nitrogens is 1. The van der Waals surface area contributed by atoms with Crippen molar-refractivity contribution in [3.05, 3.63) is 89.3 Å². The van der Waals surface area contributed by atoms with E-state index >= 15 is 0 Å². The molecule has 0 atom stereocenters. The molecule has 0 saturated heterocycles. The zero-order chi connectivity index (χ0) is 16.4. The zero-order valence-corrected chi connectivity index (χ0v) is 13.6. The molecule has 2 aromatic carbocycles. The van der Waals surface area contributed by atoms with Gasteiger partial charge in [0.2, 0.25) is 0 Å². The molecule has 1 N–H and O–H groups in total. The molecule has 2 heterocycles. The Morgan fingerprint density at radius 1 is 0.833 bits per heavy atom. The maximum atomic E-state index is 12.7. The van der Waals surface area contributed by atoms with Gasteiger partial charge in [0.25, 0.3) is 5.56 Å². The molecule has 0 radical (unpaired) electrons. The number of nitrogens with zero attached hydrogens (tertiary/aromatic N) is 1. The van der Waals surface area contributed by atoms with Crippen LogP contribution in [-0.2, 0) is 0 Å². The fraction of sp³-hybridized carbons (Fsp3) is 0. The monoisotopic (exact) mass is 330 g/mol. The number of nitrogens with one attached hydrogen (secondary N) is 1. The standard InChI is InChI=1S/C20H14N2OS/c23-20-19(24-17-12-6-7-13-21-17)18(14-8-2-1-3-9-14)15-10-4-5-11-16(15)22-20/h1-13H,(H,22,23). The number of aromatic nitrogens is 2. The molecule has 3 nitrogen and oxygen atoms in total. The van der Waals surface area contributed by atoms with Gasteiger partial charge >= 0.3 is 0 Å². The van der Waals surface area contributed by atoms with Crippen LogP contribution in [0.3, 0.4) is 0 Å². The fourth-order valence-corrected chi connectivity index (χ4v) is 3.67. The minimum Gasteiger partial charge on any atom is -0.321 e. The summed E-state index contributed by atoms with van der Waals surface area (Å²) in [6.45, 7) is 0. The van der Waals surface area contributed by atoms with Crippen molar-refractivity contribution in [3.63, 3.8) is 0 Å². The van der Waals surface area contributed by atoms with E-state index in [9.17, 15) is 4.79 Å². The molecule has 24 heavy (non-hydrogen) atoms. The quantitative estimate of drug-likeness (QED) is 0.590. The third-order valence-electron chi connectivity index (χ3n) is 3.78. The predicted molar refractivity (Wildman–Crippen MR) is 98.4 cm³/mol. The van der Waals surface area contributed by atoms with Gasteiger partial charge in [-0.25, -0.2) is 4.98 Å². The molecule has 0 unspecified atom stereocenters. The average molecular weight is 330 g/mol. The Morgan fingerprint density at radius 3 is 2.38 bits per heavy atom. The van der Waals surface area contributed by atoms with Crippen LogP contribution in [0, 0.1) is 0 Å². The third kappa shape index (κ3) is 2.72. The van der Waals surface area contributed by atoms with Gasteiger partial charge in [0, 0.05) is 22.7 Å². The van der Waals surface area contributed by atoms with Gasteiger partial charge in [-0.15, -0.1) is 0 Å². The lowest BCUT2D eigenvalue weighted by Crippen LogP contribution is -2.10. The van der Waals surface area contributed by atoms with Crippen LogP contribution in [0.15, 0.2) is 93.7 Å². The Balaban J connectivity index is 2.01. The molecule has 4 aromatic rings. The van der Waals surface area contributed by atoms with Crippen LogP contribution < -0.4 is 5.56 Å². The van der Waals surface area contributed by atoms with Gasteiger partial charge in [-0.1, -0.05) is 66.4 Å². The second kappa shape index (κ2) is 6.34. The van der Waals surface area contributed by atoms with Gasteiger partial charge < -0.3 is 4.98 Å². The molecular formula is C20H14N2OS. The first-order valence-electron chi connectivity index (χ1n) is 7.62. The Bertz CT molecular complexity index is 1040. The highest BCUT2D eigenvalue weighted by Gasteiger charge is 2.15. The molecule has 4 heteroatoms. The van der Waals surface area contributed by atoms with Gasteiger partial charge in [-0.05, 0) is 23.8 Å². The van der Waals surface area contributed by atoms with E-state index in [0.29, 0.717) is 4.90 Å². The Labute approximate surface area is 143 Å². The van der Waals surface area contributed by atoms with Crippen molar-refractivity contribution in [1.29, 1.82) is 0 Å². The number of para-hydroxylation sites is 1. The van der Waals surface area contributed by atoms with Crippen molar-refractivity contribution in [2.24, 2.45) is 0 Å². The molecular weight excluding hydrogens is 316 g/mol. The van der Waals surface area contributed by atoms with Crippen LogP contribution in [0.25, 0.3) is 22.0 Å². The number of hydrogen-bond donors (Lipinski definition) is 1. The molecule has 0 spiro atoms. The highest BCUT2D eigenvalue weighted by Crippen LogP contribution is 2.36. The normalized spacial score (nSPS) is 10.8. The lowest BCUT2D eigenvalue weighted by Gasteiger charge is -2.12. The fourth-order valence-electron chi connectivity index (χ4n) is 2.73. The van der Waals surface area contributed by atoms with E-state index in [1.807, 2.05) is 72.8 Å². The van der Waals surface area contributed by atoms with Crippen LogP contribution >= 0.6 is 11.8 Å². The maximum absolute atomic E-state index is 12.7. The van der Waals surface area contributed by atoms with Crippen molar-refractivity contribution in [2.45, 2.75) is 9.92 Å². The van der Waals surface area contributed by atoms with E-state index in [0.717, 1.165) is 27.1 Å². The molecule has 0 fully saturated rings. The Morgan fingerprint density at radius 2 is 1.58 bits per heavy atom. The van der Waals surface area contributed by atoms with Crippen molar-refractivity contribution >= 4 is 22.7 Å². The number of benzene rings is 2. The highest BCUT2D eigenvalue weighted by atomic mass is 32.2. The van der Waals surface area contributed by atoms with Crippen LogP contribution in [0.4, 0.5) is 0 Å². The van der Waals surface area contributed by atoms with Gasteiger partial charge in [0.05, 0.1) is 4.90 Å². The summed E-state index contributed by atoms with van der Waals surface area (Å²) in [6.07, 6.45) is 1.74. The second-order valence-electron chi connectivity index (χ2n) is 5.34. The minimum absolute atomic E-state index is 0.0943. The first kappa shape index (κ1) is 14.7. The minimum atomic E-state index is -0.0943. The first-order valence-corrected chi connectivity index (χ1v) is 8.44. The number of fused-ring (bicyclic) bond motifs is 1. The van der Waals surface area contributed by atoms with Gasteiger partial charge in [0.1, 0.15) is 5.03 Å². The molecule has 116 valence electrons. The van der Waals surface area contributed by atoms with Crippen LogP contribution in [0.1, 0.15) is 0 Å². The first-order chi connectivity index (χ1) is 11.8.